The summed E-state index contributed by atoms with van der Waals surface area (Å²) in [4.78, 5) is 15.1. The molecule has 0 aliphatic carbocycles. The number of hydrogen-bond acceptors (Lipinski definition) is 6. The van der Waals surface area contributed by atoms with Gasteiger partial charge in [-0.25, -0.2) is 4.68 Å². The van der Waals surface area contributed by atoms with E-state index >= 15 is 0 Å². The van der Waals surface area contributed by atoms with Crippen molar-refractivity contribution in [2.45, 2.75) is 23.8 Å². The van der Waals surface area contributed by atoms with Gasteiger partial charge in [0.15, 0.2) is 5.82 Å². The smallest absolute Gasteiger partial charge is 0.319 e. The van der Waals surface area contributed by atoms with E-state index in [1.54, 1.807) is 38.4 Å². The zero-order valence-corrected chi connectivity index (χ0v) is 11.3. The number of pyridine rings is 1. The molecule has 0 atom stereocenters. The molecule has 0 saturated carbocycles. The highest BCUT2D eigenvalue weighted by molar-refractivity contribution is 8.01. The predicted molar refractivity (Wildman–Crippen MR) is 71.0 cm³/mol. The fourth-order valence-electron chi connectivity index (χ4n) is 1.31. The molecular formula is C11H13N5O2S. The lowest BCUT2D eigenvalue weighted by atomic mass is 10.2. The number of nitrogens with zero attached hydrogens (tertiary/aromatic N) is 4. The lowest BCUT2D eigenvalue weighted by Gasteiger charge is -2.16. The van der Waals surface area contributed by atoms with Crippen LogP contribution in [0, 0.1) is 0 Å². The molecule has 8 heteroatoms. The second-order valence-corrected chi connectivity index (χ2v) is 5.93. The van der Waals surface area contributed by atoms with Crippen molar-refractivity contribution >= 4 is 17.7 Å². The van der Waals surface area contributed by atoms with Crippen LogP contribution in [-0.2, 0) is 4.79 Å². The maximum Gasteiger partial charge on any atom is 0.319 e. The van der Waals surface area contributed by atoms with Crippen LogP contribution in [-0.4, -0.2) is 35.7 Å². The summed E-state index contributed by atoms with van der Waals surface area (Å²) in [6.45, 7) is 3.16. The lowest BCUT2D eigenvalue weighted by Crippen LogP contribution is -2.28. The van der Waals surface area contributed by atoms with Crippen molar-refractivity contribution < 1.29 is 9.90 Å². The molecule has 19 heavy (non-hydrogen) atoms. The molecule has 0 unspecified atom stereocenters. The van der Waals surface area contributed by atoms with Gasteiger partial charge in [-0.15, -0.1) is 10.2 Å². The van der Waals surface area contributed by atoms with Gasteiger partial charge < -0.3 is 10.9 Å². The Morgan fingerprint density at radius 2 is 2.21 bits per heavy atom. The summed E-state index contributed by atoms with van der Waals surface area (Å²) >= 11 is 1.04. The molecule has 0 aliphatic heterocycles. The number of nitrogen functional groups attached to an aromatic ring is 1. The van der Waals surface area contributed by atoms with Gasteiger partial charge in [0.05, 0.1) is 0 Å². The summed E-state index contributed by atoms with van der Waals surface area (Å²) in [5.74, 6) is 5.39. The number of thioether (sulfide) groups is 1. The zero-order chi connectivity index (χ0) is 14.0. The molecule has 7 nitrogen and oxygen atoms in total. The largest absolute Gasteiger partial charge is 0.480 e. The molecule has 0 spiro atoms. The van der Waals surface area contributed by atoms with Crippen molar-refractivity contribution in [1.82, 2.24) is 19.9 Å². The van der Waals surface area contributed by atoms with Crippen LogP contribution in [0.15, 0.2) is 29.7 Å². The third kappa shape index (κ3) is 2.68. The summed E-state index contributed by atoms with van der Waals surface area (Å²) in [6, 6.07) is 3.56. The number of hydrogen-bond donors (Lipinski definition) is 2. The highest BCUT2D eigenvalue weighted by atomic mass is 32.2. The third-order valence-electron chi connectivity index (χ3n) is 2.45. The molecule has 2 aromatic heterocycles. The monoisotopic (exact) mass is 279 g/mol. The van der Waals surface area contributed by atoms with Gasteiger partial charge in [-0.2, -0.15) is 0 Å². The minimum Gasteiger partial charge on any atom is -0.480 e. The second-order valence-electron chi connectivity index (χ2n) is 4.34. The van der Waals surface area contributed by atoms with Gasteiger partial charge in [-0.3, -0.25) is 9.78 Å². The van der Waals surface area contributed by atoms with Crippen LogP contribution in [0.5, 0.6) is 0 Å². The number of carboxylic acid groups (broad SMARTS) is 1. The molecular weight excluding hydrogens is 266 g/mol. The van der Waals surface area contributed by atoms with Gasteiger partial charge in [-0.05, 0) is 26.0 Å². The SMILES string of the molecule is CC(C)(Sc1nnc(-c2cccnc2)n1N)C(=O)O. The van der Waals surface area contributed by atoms with Gasteiger partial charge in [0.1, 0.15) is 4.75 Å². The Hall–Kier alpha value is -2.09. The molecule has 0 aliphatic rings. The second kappa shape index (κ2) is 4.88. The molecule has 0 amide bonds. The van der Waals surface area contributed by atoms with E-state index in [2.05, 4.69) is 15.2 Å². The van der Waals surface area contributed by atoms with Crippen LogP contribution in [0.2, 0.25) is 0 Å². The van der Waals surface area contributed by atoms with Crippen molar-refractivity contribution in [3.63, 3.8) is 0 Å². The molecule has 0 radical (unpaired) electrons. The third-order valence-corrected chi connectivity index (χ3v) is 3.59. The first-order chi connectivity index (χ1) is 8.92. The Morgan fingerprint density at radius 1 is 1.47 bits per heavy atom. The van der Waals surface area contributed by atoms with E-state index in [0.717, 1.165) is 17.3 Å². The molecule has 0 fully saturated rings. The van der Waals surface area contributed by atoms with E-state index < -0.39 is 10.7 Å². The van der Waals surface area contributed by atoms with Crippen molar-refractivity contribution in [1.29, 1.82) is 0 Å². The summed E-state index contributed by atoms with van der Waals surface area (Å²) < 4.78 is 0.239. The summed E-state index contributed by atoms with van der Waals surface area (Å²) in [5.41, 5.74) is 0.720. The molecule has 0 bridgehead atoms. The van der Waals surface area contributed by atoms with Crippen LogP contribution < -0.4 is 5.84 Å². The van der Waals surface area contributed by atoms with Crippen LogP contribution in [0.25, 0.3) is 11.4 Å². The fraction of sp³-hybridized carbons (Fsp3) is 0.273. The summed E-state index contributed by atoms with van der Waals surface area (Å²) in [6.07, 6.45) is 3.26. The topological polar surface area (TPSA) is 107 Å². The predicted octanol–water partition coefficient (Wildman–Crippen LogP) is 1.01. The first kappa shape index (κ1) is 13.3. The van der Waals surface area contributed by atoms with Gasteiger partial charge in [0, 0.05) is 18.0 Å². The normalized spacial score (nSPS) is 11.5. The van der Waals surface area contributed by atoms with Crippen molar-refractivity contribution in [2.75, 3.05) is 5.84 Å². The number of aliphatic carboxylic acids is 1. The van der Waals surface area contributed by atoms with Crippen molar-refractivity contribution in [3.05, 3.63) is 24.5 Å². The first-order valence-corrected chi connectivity index (χ1v) is 6.27. The maximum atomic E-state index is 11.1. The van der Waals surface area contributed by atoms with E-state index in [4.69, 9.17) is 10.9 Å². The maximum absolute atomic E-state index is 11.1. The molecule has 100 valence electrons. The summed E-state index contributed by atoms with van der Waals surface area (Å²) in [7, 11) is 0. The number of rotatable bonds is 4. The van der Waals surface area contributed by atoms with Gasteiger partial charge in [-0.1, -0.05) is 11.8 Å². The number of carbonyl (C=O) groups is 1. The molecule has 2 aromatic rings. The summed E-state index contributed by atoms with van der Waals surface area (Å²) in [5, 5.41) is 17.3. The molecule has 2 rings (SSSR count). The number of carboxylic acids is 1. The molecule has 3 N–H and O–H groups in total. The molecule has 0 saturated heterocycles. The molecule has 2 heterocycles. The van der Waals surface area contributed by atoms with E-state index in [-0.39, 0.29) is 0 Å². The number of nitrogens with two attached hydrogens (primary N) is 1. The first-order valence-electron chi connectivity index (χ1n) is 5.45. The van der Waals surface area contributed by atoms with Crippen LogP contribution in [0.4, 0.5) is 0 Å². The van der Waals surface area contributed by atoms with E-state index in [9.17, 15) is 4.79 Å². The van der Waals surface area contributed by atoms with Crippen molar-refractivity contribution in [2.24, 2.45) is 0 Å². The van der Waals surface area contributed by atoms with Crippen molar-refractivity contribution in [3.8, 4) is 11.4 Å². The van der Waals surface area contributed by atoms with Gasteiger partial charge in [0.2, 0.25) is 5.16 Å². The van der Waals surface area contributed by atoms with Gasteiger partial charge in [0.25, 0.3) is 0 Å². The van der Waals surface area contributed by atoms with E-state index in [0.29, 0.717) is 11.0 Å². The lowest BCUT2D eigenvalue weighted by molar-refractivity contribution is -0.138. The Labute approximate surface area is 113 Å². The average molecular weight is 279 g/mol. The number of aromatic nitrogens is 4. The highest BCUT2D eigenvalue weighted by Gasteiger charge is 2.31. The Morgan fingerprint density at radius 3 is 2.79 bits per heavy atom. The van der Waals surface area contributed by atoms with Crippen LogP contribution >= 0.6 is 11.8 Å². The minimum atomic E-state index is -1.03. The van der Waals surface area contributed by atoms with Crippen LogP contribution in [0.3, 0.4) is 0 Å². The Bertz CT molecular complexity index is 596. The fourth-order valence-corrected chi connectivity index (χ4v) is 2.12. The van der Waals surface area contributed by atoms with E-state index in [1.807, 2.05) is 0 Å². The van der Waals surface area contributed by atoms with Gasteiger partial charge >= 0.3 is 5.97 Å². The average Bonchev–Trinajstić information content (AvgIpc) is 2.71. The van der Waals surface area contributed by atoms with E-state index in [1.165, 1.54) is 4.68 Å². The molecule has 0 aromatic carbocycles. The zero-order valence-electron chi connectivity index (χ0n) is 10.4. The van der Waals surface area contributed by atoms with Crippen LogP contribution in [0.1, 0.15) is 13.8 Å². The standard InChI is InChI=1S/C11H13N5O2S/c1-11(2,9(17)18)19-10-15-14-8(16(10)12)7-4-3-5-13-6-7/h3-6H,12H2,1-2H3,(H,17,18). The Kier molecular flexibility index (Phi) is 3.43. The minimum absolute atomic E-state index is 0.339. The Balaban J connectivity index is 2.32. The highest BCUT2D eigenvalue weighted by Crippen LogP contribution is 2.32. The quantitative estimate of drug-likeness (QED) is 0.635.